The van der Waals surface area contributed by atoms with E-state index in [9.17, 15) is 19.5 Å². The molecule has 1 unspecified atom stereocenters. The minimum absolute atomic E-state index is 0.0996. The van der Waals surface area contributed by atoms with Gasteiger partial charge in [-0.25, -0.2) is 4.79 Å². The Balaban J connectivity index is 2.14. The number of rotatable bonds is 9. The standard InChI is InChI=1S/C13H23N3O5/c1-15-8-12(19)16(13(15)20)7-3-4-11(18)14-6-5-10(17)9-21-2/h10,17H,3-9H2,1-2H3,(H,14,18). The number of nitrogens with zero attached hydrogens (tertiary/aromatic N) is 2. The van der Waals surface area contributed by atoms with E-state index in [1.54, 1.807) is 7.05 Å². The zero-order chi connectivity index (χ0) is 15.8. The first-order chi connectivity index (χ1) is 9.95. The minimum atomic E-state index is -0.592. The zero-order valence-corrected chi connectivity index (χ0v) is 12.5. The van der Waals surface area contributed by atoms with Crippen molar-refractivity contribution in [2.45, 2.75) is 25.4 Å². The Kier molecular flexibility index (Phi) is 7.10. The summed E-state index contributed by atoms with van der Waals surface area (Å²) in [6.45, 7) is 0.959. The zero-order valence-electron chi connectivity index (χ0n) is 12.5. The van der Waals surface area contributed by atoms with E-state index in [0.29, 0.717) is 19.4 Å². The Morgan fingerprint density at radius 2 is 2.19 bits per heavy atom. The van der Waals surface area contributed by atoms with Crippen LogP contribution in [0.5, 0.6) is 0 Å². The Bertz CT molecular complexity index is 388. The minimum Gasteiger partial charge on any atom is -0.391 e. The van der Waals surface area contributed by atoms with Gasteiger partial charge in [0.2, 0.25) is 11.8 Å². The lowest BCUT2D eigenvalue weighted by molar-refractivity contribution is -0.126. The molecule has 1 rings (SSSR count). The lowest BCUT2D eigenvalue weighted by Gasteiger charge is -2.14. The quantitative estimate of drug-likeness (QED) is 0.542. The topological polar surface area (TPSA) is 99.2 Å². The molecule has 1 fully saturated rings. The van der Waals surface area contributed by atoms with Crippen LogP contribution in [0.1, 0.15) is 19.3 Å². The third kappa shape index (κ3) is 5.68. The first-order valence-corrected chi connectivity index (χ1v) is 6.95. The Morgan fingerprint density at radius 3 is 2.76 bits per heavy atom. The lowest BCUT2D eigenvalue weighted by atomic mass is 10.2. The van der Waals surface area contributed by atoms with Crippen LogP contribution in [0.3, 0.4) is 0 Å². The fourth-order valence-electron chi connectivity index (χ4n) is 2.03. The SMILES string of the molecule is COCC(O)CCNC(=O)CCCN1C(=O)CN(C)C1=O. The summed E-state index contributed by atoms with van der Waals surface area (Å²) < 4.78 is 4.78. The van der Waals surface area contributed by atoms with Crippen molar-refractivity contribution in [3.05, 3.63) is 0 Å². The molecule has 8 heteroatoms. The first kappa shape index (κ1) is 17.4. The molecule has 21 heavy (non-hydrogen) atoms. The summed E-state index contributed by atoms with van der Waals surface area (Å²) in [7, 11) is 3.07. The smallest absolute Gasteiger partial charge is 0.326 e. The fourth-order valence-corrected chi connectivity index (χ4v) is 2.03. The number of carbonyl (C=O) groups is 3. The van der Waals surface area contributed by atoms with Gasteiger partial charge in [-0.05, 0) is 12.8 Å². The van der Waals surface area contributed by atoms with Gasteiger partial charge in [0.1, 0.15) is 6.54 Å². The summed E-state index contributed by atoms with van der Waals surface area (Å²) in [5.74, 6) is -0.391. The van der Waals surface area contributed by atoms with Crippen molar-refractivity contribution in [3.8, 4) is 0 Å². The van der Waals surface area contributed by atoms with Crippen molar-refractivity contribution in [3.63, 3.8) is 0 Å². The highest BCUT2D eigenvalue weighted by atomic mass is 16.5. The molecule has 0 spiro atoms. The van der Waals surface area contributed by atoms with Crippen LogP contribution in [-0.4, -0.2) is 79.3 Å². The third-order valence-electron chi connectivity index (χ3n) is 3.18. The van der Waals surface area contributed by atoms with Gasteiger partial charge >= 0.3 is 6.03 Å². The van der Waals surface area contributed by atoms with Crippen LogP contribution in [-0.2, 0) is 14.3 Å². The number of imide groups is 1. The van der Waals surface area contributed by atoms with Gasteiger partial charge in [-0.15, -0.1) is 0 Å². The molecule has 8 nitrogen and oxygen atoms in total. The van der Waals surface area contributed by atoms with E-state index in [4.69, 9.17) is 4.74 Å². The van der Waals surface area contributed by atoms with Crippen molar-refractivity contribution in [2.24, 2.45) is 0 Å². The maximum Gasteiger partial charge on any atom is 0.326 e. The predicted molar refractivity (Wildman–Crippen MR) is 74.5 cm³/mol. The highest BCUT2D eigenvalue weighted by molar-refractivity contribution is 6.01. The van der Waals surface area contributed by atoms with E-state index >= 15 is 0 Å². The molecular formula is C13H23N3O5. The molecule has 1 atom stereocenters. The normalized spacial score (nSPS) is 16.5. The molecule has 0 aromatic heterocycles. The van der Waals surface area contributed by atoms with Crippen LogP contribution in [0.15, 0.2) is 0 Å². The number of aliphatic hydroxyl groups is 1. The van der Waals surface area contributed by atoms with E-state index in [2.05, 4.69) is 5.32 Å². The van der Waals surface area contributed by atoms with Gasteiger partial charge in [-0.2, -0.15) is 0 Å². The second-order valence-corrected chi connectivity index (χ2v) is 5.04. The molecule has 120 valence electrons. The molecule has 0 aromatic carbocycles. The van der Waals surface area contributed by atoms with E-state index in [1.165, 1.54) is 12.0 Å². The van der Waals surface area contributed by atoms with Crippen LogP contribution >= 0.6 is 0 Å². The Labute approximate surface area is 124 Å². The summed E-state index contributed by atoms with van der Waals surface area (Å²) in [4.78, 5) is 37.2. The van der Waals surface area contributed by atoms with Crippen molar-refractivity contribution >= 4 is 17.8 Å². The predicted octanol–water partition coefficient (Wildman–Crippen LogP) is -0.826. The highest BCUT2D eigenvalue weighted by Gasteiger charge is 2.32. The van der Waals surface area contributed by atoms with Gasteiger partial charge in [-0.3, -0.25) is 14.5 Å². The molecular weight excluding hydrogens is 278 g/mol. The summed E-state index contributed by atoms with van der Waals surface area (Å²) >= 11 is 0. The van der Waals surface area contributed by atoms with Gasteiger partial charge in [0, 0.05) is 33.7 Å². The molecule has 4 amide bonds. The van der Waals surface area contributed by atoms with Crippen molar-refractivity contribution < 1.29 is 24.2 Å². The van der Waals surface area contributed by atoms with E-state index in [0.717, 1.165) is 4.90 Å². The summed E-state index contributed by atoms with van der Waals surface area (Å²) in [6.07, 6.45) is 0.498. The monoisotopic (exact) mass is 301 g/mol. The maximum atomic E-state index is 11.6. The molecule has 0 bridgehead atoms. The van der Waals surface area contributed by atoms with Crippen LogP contribution in [0, 0.1) is 0 Å². The molecule has 1 saturated heterocycles. The van der Waals surface area contributed by atoms with Crippen molar-refractivity contribution in [1.29, 1.82) is 0 Å². The van der Waals surface area contributed by atoms with Crippen molar-refractivity contribution in [2.75, 3.05) is 40.4 Å². The maximum absolute atomic E-state index is 11.6. The van der Waals surface area contributed by atoms with Crippen LogP contribution < -0.4 is 5.32 Å². The van der Waals surface area contributed by atoms with Gasteiger partial charge in [-0.1, -0.05) is 0 Å². The molecule has 1 heterocycles. The van der Waals surface area contributed by atoms with E-state index < -0.39 is 6.10 Å². The number of amides is 4. The number of likely N-dealkylation sites (N-methyl/N-ethyl adjacent to an activating group) is 1. The average Bonchev–Trinajstić information content (AvgIpc) is 2.65. The van der Waals surface area contributed by atoms with E-state index in [1.807, 2.05) is 0 Å². The number of urea groups is 1. The molecule has 0 aliphatic carbocycles. The first-order valence-electron chi connectivity index (χ1n) is 6.95. The number of ether oxygens (including phenoxy) is 1. The number of hydrogen-bond acceptors (Lipinski definition) is 5. The number of carbonyl (C=O) groups excluding carboxylic acids is 3. The Morgan fingerprint density at radius 1 is 1.48 bits per heavy atom. The van der Waals surface area contributed by atoms with Crippen LogP contribution in [0.25, 0.3) is 0 Å². The fraction of sp³-hybridized carbons (Fsp3) is 0.769. The van der Waals surface area contributed by atoms with Crippen molar-refractivity contribution in [1.82, 2.24) is 15.1 Å². The molecule has 0 saturated carbocycles. The number of nitrogens with one attached hydrogen (secondary N) is 1. The van der Waals surface area contributed by atoms with Crippen LogP contribution in [0.4, 0.5) is 4.79 Å². The second-order valence-electron chi connectivity index (χ2n) is 5.04. The van der Waals surface area contributed by atoms with E-state index in [-0.39, 0.29) is 44.0 Å². The van der Waals surface area contributed by atoms with Gasteiger partial charge in [0.25, 0.3) is 0 Å². The molecule has 2 N–H and O–H groups in total. The van der Waals surface area contributed by atoms with Gasteiger partial charge < -0.3 is 20.1 Å². The van der Waals surface area contributed by atoms with Gasteiger partial charge in [0.15, 0.2) is 0 Å². The molecule has 1 aliphatic heterocycles. The molecule has 0 aromatic rings. The Hall–Kier alpha value is -1.67. The average molecular weight is 301 g/mol. The summed E-state index contributed by atoms with van der Waals surface area (Å²) in [5.41, 5.74) is 0. The van der Waals surface area contributed by atoms with Gasteiger partial charge in [0.05, 0.1) is 12.7 Å². The summed E-state index contributed by atoms with van der Waals surface area (Å²) in [5, 5.41) is 12.1. The number of hydrogen-bond donors (Lipinski definition) is 2. The molecule has 1 aliphatic rings. The molecule has 0 radical (unpaired) electrons. The number of methoxy groups -OCH3 is 1. The lowest BCUT2D eigenvalue weighted by Crippen LogP contribution is -2.33. The van der Waals surface area contributed by atoms with Crippen LogP contribution in [0.2, 0.25) is 0 Å². The highest BCUT2D eigenvalue weighted by Crippen LogP contribution is 2.09. The summed E-state index contributed by atoms with van der Waals surface area (Å²) in [6, 6.07) is -0.317. The number of aliphatic hydroxyl groups excluding tert-OH is 1. The largest absolute Gasteiger partial charge is 0.391 e. The third-order valence-corrected chi connectivity index (χ3v) is 3.18. The second kappa shape index (κ2) is 8.58.